The van der Waals surface area contributed by atoms with Gasteiger partial charge in [0, 0.05) is 11.5 Å². The Morgan fingerprint density at radius 1 is 1.00 bits per heavy atom. The number of aryl methyl sites for hydroxylation is 2. The molecule has 0 aliphatic carbocycles. The van der Waals surface area contributed by atoms with E-state index in [2.05, 4.69) is 38.5 Å². The standard InChI is InChI=1S/C17H17N5/c1-11-10-12(2)20-17(19-11)22-16(18)21-15-9-5-7-13-6-3-4-8-14(13)15/h3-10H,1-2H3,(H3,18,19,20,21,22)/p+1. The molecule has 1 heterocycles. The van der Waals surface area contributed by atoms with Crippen molar-refractivity contribution >= 4 is 28.4 Å². The fourth-order valence-corrected chi connectivity index (χ4v) is 2.41. The van der Waals surface area contributed by atoms with Crippen molar-refractivity contribution in [3.8, 4) is 0 Å². The van der Waals surface area contributed by atoms with Crippen LogP contribution < -0.4 is 16.0 Å². The number of benzene rings is 2. The highest BCUT2D eigenvalue weighted by molar-refractivity contribution is 6.01. The first-order valence-corrected chi connectivity index (χ1v) is 7.08. The van der Waals surface area contributed by atoms with Gasteiger partial charge in [-0.25, -0.2) is 4.99 Å². The van der Waals surface area contributed by atoms with E-state index >= 15 is 0 Å². The molecular weight excluding hydrogens is 274 g/mol. The maximum Gasteiger partial charge on any atom is 0.354 e. The predicted molar refractivity (Wildman–Crippen MR) is 88.9 cm³/mol. The maximum atomic E-state index is 6.04. The Hall–Kier alpha value is -2.95. The number of nitrogens with two attached hydrogens (primary N) is 1. The van der Waals surface area contributed by atoms with Crippen molar-refractivity contribution in [2.24, 2.45) is 5.73 Å². The second kappa shape index (κ2) is 5.81. The van der Waals surface area contributed by atoms with Crippen molar-refractivity contribution in [2.75, 3.05) is 5.32 Å². The molecule has 1 aromatic heterocycles. The number of guanidine groups is 1. The lowest BCUT2D eigenvalue weighted by Crippen LogP contribution is -2.72. The Labute approximate surface area is 128 Å². The first-order chi connectivity index (χ1) is 10.6. The third-order valence-electron chi connectivity index (χ3n) is 3.29. The molecule has 0 spiro atoms. The topological polar surface area (TPSA) is 77.8 Å². The summed E-state index contributed by atoms with van der Waals surface area (Å²) in [6, 6.07) is 16.1. The smallest absolute Gasteiger partial charge is 0.322 e. The molecule has 0 amide bonds. The third kappa shape index (κ3) is 3.03. The van der Waals surface area contributed by atoms with Crippen LogP contribution in [-0.2, 0) is 0 Å². The number of aromatic nitrogens is 2. The van der Waals surface area contributed by atoms with Gasteiger partial charge >= 0.3 is 5.95 Å². The van der Waals surface area contributed by atoms with Crippen LogP contribution in [0, 0.1) is 13.8 Å². The molecule has 0 aliphatic rings. The molecule has 0 radical (unpaired) electrons. The van der Waals surface area contributed by atoms with E-state index in [1.165, 1.54) is 0 Å². The SMILES string of the molecule is Cc1cc(C)nc([NH+]=C(N)Nc2cccc3ccccc23)n1. The van der Waals surface area contributed by atoms with Crippen LogP contribution in [0.1, 0.15) is 11.4 Å². The Kier molecular flexibility index (Phi) is 3.70. The Balaban J connectivity index is 1.92. The summed E-state index contributed by atoms with van der Waals surface area (Å²) in [5, 5.41) is 5.44. The van der Waals surface area contributed by atoms with Crippen LogP contribution in [0.2, 0.25) is 0 Å². The highest BCUT2D eigenvalue weighted by Gasteiger charge is 2.07. The van der Waals surface area contributed by atoms with Gasteiger partial charge in [-0.05, 0) is 25.3 Å². The van der Waals surface area contributed by atoms with Gasteiger partial charge in [-0.3, -0.25) is 5.32 Å². The normalized spacial score (nSPS) is 11.6. The average Bonchev–Trinajstić information content (AvgIpc) is 2.46. The maximum absolute atomic E-state index is 6.04. The molecule has 0 unspecified atom stereocenters. The molecule has 0 bridgehead atoms. The zero-order chi connectivity index (χ0) is 15.5. The number of nitrogens with zero attached hydrogens (tertiary/aromatic N) is 2. The highest BCUT2D eigenvalue weighted by Crippen LogP contribution is 2.22. The summed E-state index contributed by atoms with van der Waals surface area (Å²) in [4.78, 5) is 11.6. The minimum atomic E-state index is 0.390. The lowest BCUT2D eigenvalue weighted by Gasteiger charge is -2.06. The Bertz CT molecular complexity index is 829. The largest absolute Gasteiger partial charge is 0.354 e. The zero-order valence-electron chi connectivity index (χ0n) is 12.6. The van der Waals surface area contributed by atoms with Crippen molar-refractivity contribution in [2.45, 2.75) is 13.8 Å². The van der Waals surface area contributed by atoms with Crippen LogP contribution >= 0.6 is 0 Å². The minimum absolute atomic E-state index is 0.390. The van der Waals surface area contributed by atoms with Crippen molar-refractivity contribution < 1.29 is 4.99 Å². The molecule has 5 heteroatoms. The number of anilines is 1. The van der Waals surface area contributed by atoms with E-state index in [4.69, 9.17) is 5.73 Å². The van der Waals surface area contributed by atoms with Crippen LogP contribution in [0.15, 0.2) is 48.5 Å². The van der Waals surface area contributed by atoms with E-state index in [9.17, 15) is 0 Å². The summed E-state index contributed by atoms with van der Waals surface area (Å²) in [5.74, 6) is 0.879. The van der Waals surface area contributed by atoms with Gasteiger partial charge in [-0.1, -0.05) is 36.4 Å². The Morgan fingerprint density at radius 3 is 2.45 bits per heavy atom. The van der Waals surface area contributed by atoms with Crippen molar-refractivity contribution in [3.05, 3.63) is 59.9 Å². The molecule has 3 rings (SSSR count). The predicted octanol–water partition coefficient (Wildman–Crippen LogP) is 1.39. The Morgan fingerprint density at radius 2 is 1.68 bits per heavy atom. The summed E-state index contributed by atoms with van der Waals surface area (Å²) < 4.78 is 0. The van der Waals surface area contributed by atoms with Crippen LogP contribution in [0.25, 0.3) is 10.8 Å². The summed E-state index contributed by atoms with van der Waals surface area (Å²) in [6.07, 6.45) is 0. The molecule has 2 aromatic carbocycles. The number of hydrogen-bond donors (Lipinski definition) is 3. The molecule has 22 heavy (non-hydrogen) atoms. The monoisotopic (exact) mass is 292 g/mol. The van der Waals surface area contributed by atoms with E-state index in [1.54, 1.807) is 0 Å². The molecule has 5 nitrogen and oxygen atoms in total. The molecular formula is C17H18N5+. The van der Waals surface area contributed by atoms with E-state index in [1.807, 2.05) is 44.2 Å². The quantitative estimate of drug-likeness (QED) is 0.493. The molecule has 0 fully saturated rings. The van der Waals surface area contributed by atoms with Gasteiger partial charge in [0.1, 0.15) is 0 Å². The van der Waals surface area contributed by atoms with Crippen LogP contribution in [0.5, 0.6) is 0 Å². The molecule has 110 valence electrons. The van der Waals surface area contributed by atoms with Gasteiger partial charge in [-0.2, -0.15) is 0 Å². The van der Waals surface area contributed by atoms with Crippen LogP contribution in [-0.4, -0.2) is 15.9 Å². The average molecular weight is 292 g/mol. The van der Waals surface area contributed by atoms with E-state index in [0.29, 0.717) is 11.9 Å². The van der Waals surface area contributed by atoms with Crippen molar-refractivity contribution in [1.82, 2.24) is 9.97 Å². The fourth-order valence-electron chi connectivity index (χ4n) is 2.41. The van der Waals surface area contributed by atoms with Crippen LogP contribution in [0.4, 0.5) is 11.6 Å². The van der Waals surface area contributed by atoms with Crippen LogP contribution in [0.3, 0.4) is 0 Å². The summed E-state index contributed by atoms with van der Waals surface area (Å²) >= 11 is 0. The first kappa shape index (κ1) is 14.0. The van der Waals surface area contributed by atoms with Gasteiger partial charge < -0.3 is 5.73 Å². The number of rotatable bonds is 2. The third-order valence-corrected chi connectivity index (χ3v) is 3.29. The minimum Gasteiger partial charge on any atom is -0.322 e. The summed E-state index contributed by atoms with van der Waals surface area (Å²) in [6.45, 7) is 3.85. The molecule has 3 aromatic rings. The first-order valence-electron chi connectivity index (χ1n) is 7.08. The summed E-state index contributed by atoms with van der Waals surface area (Å²) in [7, 11) is 0. The lowest BCUT2D eigenvalue weighted by atomic mass is 10.1. The zero-order valence-corrected chi connectivity index (χ0v) is 12.6. The van der Waals surface area contributed by atoms with Crippen molar-refractivity contribution in [1.29, 1.82) is 0 Å². The molecule has 0 atom stereocenters. The van der Waals surface area contributed by atoms with E-state index < -0.39 is 0 Å². The van der Waals surface area contributed by atoms with E-state index in [-0.39, 0.29) is 0 Å². The number of nitrogens with one attached hydrogen (secondary N) is 2. The van der Waals surface area contributed by atoms with Gasteiger partial charge in [-0.15, -0.1) is 9.97 Å². The van der Waals surface area contributed by atoms with Gasteiger partial charge in [0.25, 0.3) is 5.96 Å². The summed E-state index contributed by atoms with van der Waals surface area (Å²) in [5.41, 5.74) is 8.77. The number of fused-ring (bicyclic) bond motifs is 1. The van der Waals surface area contributed by atoms with Gasteiger partial charge in [0.2, 0.25) is 0 Å². The lowest BCUT2D eigenvalue weighted by molar-refractivity contribution is -0.365. The molecule has 0 aliphatic heterocycles. The fraction of sp³-hybridized carbons (Fsp3) is 0.118. The van der Waals surface area contributed by atoms with Crippen molar-refractivity contribution in [3.63, 3.8) is 0 Å². The second-order valence-electron chi connectivity index (χ2n) is 5.16. The van der Waals surface area contributed by atoms with Gasteiger partial charge in [0.05, 0.1) is 17.1 Å². The molecule has 4 N–H and O–H groups in total. The highest BCUT2D eigenvalue weighted by atomic mass is 15.2. The number of hydrogen-bond acceptors (Lipinski definition) is 2. The van der Waals surface area contributed by atoms with E-state index in [0.717, 1.165) is 27.8 Å². The molecule has 0 saturated carbocycles. The second-order valence-corrected chi connectivity index (χ2v) is 5.16. The van der Waals surface area contributed by atoms with Gasteiger partial charge in [0.15, 0.2) is 0 Å². The molecule has 0 saturated heterocycles.